The number of carbonyl (C=O) groups is 2. The fraction of sp³-hybridized carbons (Fsp3) is 0.467. The summed E-state index contributed by atoms with van der Waals surface area (Å²) in [4.78, 5) is 24.1. The van der Waals surface area contributed by atoms with Gasteiger partial charge in [-0.05, 0) is 44.7 Å². The molecule has 0 saturated carbocycles. The van der Waals surface area contributed by atoms with E-state index in [-0.39, 0.29) is 11.8 Å². The minimum absolute atomic E-state index is 0.0730. The molecule has 0 spiro atoms. The number of carbonyl (C=O) groups excluding carboxylic acids is 2. The molecule has 1 fully saturated rings. The lowest BCUT2D eigenvalue weighted by atomic mass is 10.0. The van der Waals surface area contributed by atoms with Crippen LogP contribution in [0.1, 0.15) is 40.7 Å². The first-order valence-corrected chi connectivity index (χ1v) is 6.74. The van der Waals surface area contributed by atoms with E-state index >= 15 is 0 Å². The van der Waals surface area contributed by atoms with Gasteiger partial charge in [-0.15, -0.1) is 0 Å². The summed E-state index contributed by atoms with van der Waals surface area (Å²) < 4.78 is 0. The highest BCUT2D eigenvalue weighted by Crippen LogP contribution is 2.12. The van der Waals surface area contributed by atoms with Crippen LogP contribution in [0.3, 0.4) is 0 Å². The Bertz CT molecular complexity index is 497. The van der Waals surface area contributed by atoms with Crippen molar-refractivity contribution in [3.05, 3.63) is 34.9 Å². The van der Waals surface area contributed by atoms with Crippen LogP contribution < -0.4 is 10.6 Å². The van der Waals surface area contributed by atoms with Gasteiger partial charge < -0.3 is 10.6 Å². The van der Waals surface area contributed by atoms with Gasteiger partial charge in [0.1, 0.15) is 6.04 Å². The van der Waals surface area contributed by atoms with Gasteiger partial charge in [-0.1, -0.05) is 17.7 Å². The Hall–Kier alpha value is -1.84. The number of hydrogen-bond acceptors (Lipinski definition) is 2. The highest BCUT2D eigenvalue weighted by molar-refractivity contribution is 5.98. The second-order valence-electron chi connectivity index (χ2n) is 5.13. The number of amides is 2. The van der Waals surface area contributed by atoms with Crippen LogP contribution in [0.4, 0.5) is 0 Å². The van der Waals surface area contributed by atoms with Crippen LogP contribution in [0.15, 0.2) is 18.2 Å². The summed E-state index contributed by atoms with van der Waals surface area (Å²) in [5.41, 5.74) is 2.62. The predicted octanol–water partition coefficient (Wildman–Crippen LogP) is 1.70. The zero-order valence-corrected chi connectivity index (χ0v) is 11.5. The van der Waals surface area contributed by atoms with Crippen molar-refractivity contribution in [3.63, 3.8) is 0 Å². The third-order valence-corrected chi connectivity index (χ3v) is 3.48. The molecule has 1 atom stereocenters. The standard InChI is InChI=1S/C15H20N2O2/c1-10-6-7-11(2)12(9-10)14(18)17-13-5-3-4-8-16-15(13)19/h6-7,9,13H,3-5,8H2,1-2H3,(H,16,19)(H,17,18). The minimum Gasteiger partial charge on any atom is -0.354 e. The smallest absolute Gasteiger partial charge is 0.252 e. The van der Waals surface area contributed by atoms with Gasteiger partial charge in [-0.3, -0.25) is 9.59 Å². The first-order chi connectivity index (χ1) is 9.08. The number of nitrogens with one attached hydrogen (secondary N) is 2. The van der Waals surface area contributed by atoms with E-state index in [4.69, 9.17) is 0 Å². The van der Waals surface area contributed by atoms with E-state index in [9.17, 15) is 9.59 Å². The van der Waals surface area contributed by atoms with E-state index in [0.717, 1.165) is 24.0 Å². The van der Waals surface area contributed by atoms with E-state index < -0.39 is 6.04 Å². The summed E-state index contributed by atoms with van der Waals surface area (Å²) in [7, 11) is 0. The van der Waals surface area contributed by atoms with Crippen LogP contribution in [-0.4, -0.2) is 24.4 Å². The molecule has 102 valence electrons. The van der Waals surface area contributed by atoms with Crippen LogP contribution in [0.5, 0.6) is 0 Å². The fourth-order valence-corrected chi connectivity index (χ4v) is 2.29. The van der Waals surface area contributed by atoms with Crippen LogP contribution in [0, 0.1) is 13.8 Å². The molecule has 1 saturated heterocycles. The van der Waals surface area contributed by atoms with Gasteiger partial charge in [0.25, 0.3) is 5.91 Å². The van der Waals surface area contributed by atoms with Gasteiger partial charge in [0.2, 0.25) is 5.91 Å². The molecule has 2 rings (SSSR count). The maximum Gasteiger partial charge on any atom is 0.252 e. The molecule has 4 heteroatoms. The van der Waals surface area contributed by atoms with E-state index in [1.54, 1.807) is 0 Å². The zero-order valence-electron chi connectivity index (χ0n) is 11.5. The van der Waals surface area contributed by atoms with E-state index in [2.05, 4.69) is 10.6 Å². The lowest BCUT2D eigenvalue weighted by Crippen LogP contribution is -2.45. The van der Waals surface area contributed by atoms with Crippen LogP contribution >= 0.6 is 0 Å². The molecule has 4 nitrogen and oxygen atoms in total. The zero-order chi connectivity index (χ0) is 13.8. The highest BCUT2D eigenvalue weighted by atomic mass is 16.2. The van der Waals surface area contributed by atoms with Crippen molar-refractivity contribution < 1.29 is 9.59 Å². The lowest BCUT2D eigenvalue weighted by molar-refractivity contribution is -0.122. The minimum atomic E-state index is -0.407. The molecule has 0 aliphatic carbocycles. The summed E-state index contributed by atoms with van der Waals surface area (Å²) in [6.07, 6.45) is 2.64. The molecular weight excluding hydrogens is 240 g/mol. The molecule has 2 amide bonds. The van der Waals surface area contributed by atoms with Crippen molar-refractivity contribution in [1.29, 1.82) is 0 Å². The Morgan fingerprint density at radius 2 is 2.11 bits per heavy atom. The largest absolute Gasteiger partial charge is 0.354 e. The van der Waals surface area contributed by atoms with E-state index in [0.29, 0.717) is 18.5 Å². The Balaban J connectivity index is 2.11. The van der Waals surface area contributed by atoms with Crippen molar-refractivity contribution in [2.75, 3.05) is 6.54 Å². The SMILES string of the molecule is Cc1ccc(C)c(C(=O)NC2CCCCNC2=O)c1. The van der Waals surface area contributed by atoms with Gasteiger partial charge in [0, 0.05) is 12.1 Å². The van der Waals surface area contributed by atoms with Crippen LogP contribution in [0.25, 0.3) is 0 Å². The maximum atomic E-state index is 12.3. The van der Waals surface area contributed by atoms with Crippen LogP contribution in [0.2, 0.25) is 0 Å². The van der Waals surface area contributed by atoms with Gasteiger partial charge in [-0.25, -0.2) is 0 Å². The molecule has 1 aromatic rings. The van der Waals surface area contributed by atoms with Gasteiger partial charge in [0.05, 0.1) is 0 Å². The molecule has 0 bridgehead atoms. The molecular formula is C15H20N2O2. The predicted molar refractivity (Wildman–Crippen MR) is 74.0 cm³/mol. The Labute approximate surface area is 113 Å². The highest BCUT2D eigenvalue weighted by Gasteiger charge is 2.23. The third kappa shape index (κ3) is 3.34. The summed E-state index contributed by atoms with van der Waals surface area (Å²) >= 11 is 0. The number of aryl methyl sites for hydroxylation is 2. The monoisotopic (exact) mass is 260 g/mol. The molecule has 19 heavy (non-hydrogen) atoms. The number of benzene rings is 1. The number of rotatable bonds is 2. The summed E-state index contributed by atoms with van der Waals surface area (Å²) in [5.74, 6) is -0.237. The van der Waals surface area contributed by atoms with Crippen molar-refractivity contribution in [3.8, 4) is 0 Å². The third-order valence-electron chi connectivity index (χ3n) is 3.48. The van der Waals surface area contributed by atoms with Crippen LogP contribution in [-0.2, 0) is 4.79 Å². The molecule has 1 unspecified atom stereocenters. The van der Waals surface area contributed by atoms with Gasteiger partial charge in [-0.2, -0.15) is 0 Å². The fourth-order valence-electron chi connectivity index (χ4n) is 2.29. The Morgan fingerprint density at radius 1 is 1.32 bits per heavy atom. The maximum absolute atomic E-state index is 12.3. The molecule has 1 aliphatic rings. The van der Waals surface area contributed by atoms with Crippen molar-refractivity contribution in [2.24, 2.45) is 0 Å². The summed E-state index contributed by atoms with van der Waals surface area (Å²) in [6.45, 7) is 4.56. The van der Waals surface area contributed by atoms with E-state index in [1.165, 1.54) is 0 Å². The number of hydrogen-bond donors (Lipinski definition) is 2. The Kier molecular flexibility index (Phi) is 4.20. The normalized spacial score (nSPS) is 19.5. The quantitative estimate of drug-likeness (QED) is 0.850. The topological polar surface area (TPSA) is 58.2 Å². The molecule has 0 radical (unpaired) electrons. The second-order valence-corrected chi connectivity index (χ2v) is 5.13. The van der Waals surface area contributed by atoms with Gasteiger partial charge >= 0.3 is 0 Å². The first-order valence-electron chi connectivity index (χ1n) is 6.74. The lowest BCUT2D eigenvalue weighted by Gasteiger charge is -2.16. The van der Waals surface area contributed by atoms with Gasteiger partial charge in [0.15, 0.2) is 0 Å². The second kappa shape index (κ2) is 5.87. The molecule has 1 aliphatic heterocycles. The summed E-state index contributed by atoms with van der Waals surface area (Å²) in [6, 6.07) is 5.36. The molecule has 2 N–H and O–H groups in total. The van der Waals surface area contributed by atoms with E-state index in [1.807, 2.05) is 32.0 Å². The molecule has 1 heterocycles. The average Bonchev–Trinajstić information content (AvgIpc) is 2.58. The molecule has 0 aromatic heterocycles. The molecule has 1 aromatic carbocycles. The van der Waals surface area contributed by atoms with Crippen molar-refractivity contribution >= 4 is 11.8 Å². The summed E-state index contributed by atoms with van der Waals surface area (Å²) in [5, 5.41) is 5.67. The van der Waals surface area contributed by atoms with Crippen molar-refractivity contribution in [1.82, 2.24) is 10.6 Å². The average molecular weight is 260 g/mol. The first kappa shape index (κ1) is 13.6. The van der Waals surface area contributed by atoms with Crippen molar-refractivity contribution in [2.45, 2.75) is 39.2 Å². The Morgan fingerprint density at radius 3 is 2.89 bits per heavy atom.